The number of hydrogen-bond donors (Lipinski definition) is 4. The monoisotopic (exact) mass is 950 g/mol. The molecule has 0 radical (unpaired) electrons. The zero-order valence-corrected chi connectivity index (χ0v) is 39.1. The van der Waals surface area contributed by atoms with Crippen LogP contribution in [0.1, 0.15) is 47.2 Å². The van der Waals surface area contributed by atoms with Crippen molar-refractivity contribution in [1.29, 1.82) is 0 Å². The highest BCUT2D eigenvalue weighted by atomic mass is 35.5. The molecule has 0 aliphatic carbocycles. The molecule has 1 aromatic heterocycles. The van der Waals surface area contributed by atoms with Gasteiger partial charge in [0.05, 0.1) is 35.6 Å². The Bertz CT molecular complexity index is 2690. The minimum Gasteiger partial charge on any atom is -0.370 e. The number of piperazine rings is 1. The molecule has 1 unspecified atom stereocenters. The van der Waals surface area contributed by atoms with Gasteiger partial charge in [-0.2, -0.15) is 4.98 Å². The van der Waals surface area contributed by atoms with E-state index in [4.69, 9.17) is 16.3 Å². The number of hydrogen-bond acceptors (Lipinski definition) is 13. The van der Waals surface area contributed by atoms with Gasteiger partial charge in [-0.15, -0.1) is 0 Å². The summed E-state index contributed by atoms with van der Waals surface area (Å²) >= 11 is 6.45. The normalized spacial score (nSPS) is 18.2. The van der Waals surface area contributed by atoms with Gasteiger partial charge in [-0.25, -0.2) is 9.37 Å². The van der Waals surface area contributed by atoms with E-state index in [-0.39, 0.29) is 53.9 Å². The van der Waals surface area contributed by atoms with Crippen molar-refractivity contribution in [1.82, 2.24) is 30.0 Å². The van der Waals surface area contributed by atoms with Crippen molar-refractivity contribution in [3.05, 3.63) is 101 Å². The van der Waals surface area contributed by atoms with Crippen LogP contribution >= 0.6 is 18.7 Å². The number of carbonyl (C=O) groups is 4. The van der Waals surface area contributed by atoms with E-state index in [0.717, 1.165) is 56.7 Å². The molecule has 0 bridgehead atoms. The van der Waals surface area contributed by atoms with Crippen LogP contribution in [0.25, 0.3) is 0 Å². The summed E-state index contributed by atoms with van der Waals surface area (Å²) in [7, 11) is -2.64. The van der Waals surface area contributed by atoms with E-state index in [2.05, 4.69) is 64.4 Å². The molecule has 3 fully saturated rings. The largest absolute Gasteiger partial charge is 0.370 e. The highest BCUT2D eigenvalue weighted by Crippen LogP contribution is 2.39. The van der Waals surface area contributed by atoms with E-state index in [1.54, 1.807) is 37.6 Å². The molecule has 3 aromatic carbocycles. The molecule has 4 amide bonds. The Balaban J connectivity index is 0.809. The van der Waals surface area contributed by atoms with E-state index in [1.165, 1.54) is 29.3 Å². The maximum atomic E-state index is 16.0. The van der Waals surface area contributed by atoms with Crippen LogP contribution < -0.4 is 31.5 Å². The summed E-state index contributed by atoms with van der Waals surface area (Å²) in [5.41, 5.74) is 3.64. The van der Waals surface area contributed by atoms with Gasteiger partial charge < -0.3 is 35.1 Å². The number of piperidine rings is 2. The van der Waals surface area contributed by atoms with Gasteiger partial charge in [-0.3, -0.25) is 34.3 Å². The number of amides is 4. The summed E-state index contributed by atoms with van der Waals surface area (Å²) in [5, 5.41) is 12.1. The molecule has 4 N–H and O–H groups in total. The molecule has 1 atom stereocenters. The van der Waals surface area contributed by atoms with E-state index in [9.17, 15) is 23.7 Å². The first kappa shape index (κ1) is 47.3. The highest BCUT2D eigenvalue weighted by Gasteiger charge is 2.40. The third kappa shape index (κ3) is 11.2. The molecule has 5 heterocycles. The minimum absolute atomic E-state index is 0.0462. The van der Waals surface area contributed by atoms with Gasteiger partial charge >= 0.3 is 0 Å². The zero-order chi connectivity index (χ0) is 47.2. The Morgan fingerprint density at radius 1 is 1.00 bits per heavy atom. The molecule has 4 aromatic rings. The van der Waals surface area contributed by atoms with Crippen LogP contribution in [0.15, 0.2) is 73.4 Å². The smallest absolute Gasteiger partial charge is 0.255 e. The van der Waals surface area contributed by atoms with Crippen LogP contribution in [0.4, 0.5) is 38.9 Å². The first-order valence-electron chi connectivity index (χ1n) is 22.3. The Hall–Kier alpha value is -6.15. The Labute approximate surface area is 394 Å². The van der Waals surface area contributed by atoms with Crippen LogP contribution in [0.3, 0.4) is 0 Å². The number of nitrogens with zero attached hydrogens (tertiary/aromatic N) is 6. The van der Waals surface area contributed by atoms with Gasteiger partial charge in [0.2, 0.25) is 23.7 Å². The predicted molar refractivity (Wildman–Crippen MR) is 258 cm³/mol. The van der Waals surface area contributed by atoms with E-state index >= 15 is 4.39 Å². The van der Waals surface area contributed by atoms with Crippen molar-refractivity contribution in [2.24, 2.45) is 0 Å². The molecule has 4 aliphatic rings. The molecule has 8 rings (SSSR count). The number of benzene rings is 3. The molecule has 350 valence electrons. The molecular weight excluding hydrogens is 898 g/mol. The predicted octanol–water partition coefficient (Wildman–Crippen LogP) is 5.54. The SMILES string of the molecule is C=CC(=O)Nc1cc(Nc2ncc(Cl)c(Nc3ccccc3P(C)(C)=O)n2)c(F)cc1N1CCC(N2CCN(CCOCC#Cc3cccc4c3CN(C3CCC(=O)NC3=O)C4=O)CC2)CC1. The molecule has 16 nitrogen and oxygen atoms in total. The van der Waals surface area contributed by atoms with Gasteiger partial charge in [-0.05, 0) is 74.6 Å². The number of aromatic nitrogens is 2. The van der Waals surface area contributed by atoms with Crippen molar-refractivity contribution in [3.63, 3.8) is 0 Å². The Morgan fingerprint density at radius 2 is 1.78 bits per heavy atom. The van der Waals surface area contributed by atoms with Crippen molar-refractivity contribution >= 4 is 82.2 Å². The summed E-state index contributed by atoms with van der Waals surface area (Å²) in [6, 6.07) is 15.2. The summed E-state index contributed by atoms with van der Waals surface area (Å²) < 4.78 is 34.8. The lowest BCUT2D eigenvalue weighted by Crippen LogP contribution is -2.53. The van der Waals surface area contributed by atoms with Gasteiger partial charge in [0, 0.05) is 87.3 Å². The van der Waals surface area contributed by atoms with Gasteiger partial charge in [0.25, 0.3) is 5.91 Å². The third-order valence-electron chi connectivity index (χ3n) is 12.5. The first-order valence-corrected chi connectivity index (χ1v) is 25.3. The van der Waals surface area contributed by atoms with Crippen LogP contribution in [-0.2, 0) is 30.2 Å². The fraction of sp³-hybridized carbons (Fsp3) is 0.375. The third-order valence-corrected chi connectivity index (χ3v) is 14.3. The number of carbonyl (C=O) groups excluding carboxylic acids is 4. The average Bonchev–Trinajstić information content (AvgIpc) is 3.65. The minimum atomic E-state index is -2.64. The summed E-state index contributed by atoms with van der Waals surface area (Å²) in [4.78, 5) is 67.1. The number of ether oxygens (including phenoxy) is 1. The summed E-state index contributed by atoms with van der Waals surface area (Å²) in [6.07, 6.45) is 4.80. The van der Waals surface area contributed by atoms with E-state index in [1.807, 2.05) is 18.2 Å². The number of imide groups is 1. The number of halogens is 2. The van der Waals surface area contributed by atoms with E-state index in [0.29, 0.717) is 60.1 Å². The van der Waals surface area contributed by atoms with Crippen molar-refractivity contribution in [2.45, 2.75) is 44.3 Å². The van der Waals surface area contributed by atoms with Crippen LogP contribution in [0, 0.1) is 17.7 Å². The molecule has 0 saturated carbocycles. The van der Waals surface area contributed by atoms with Gasteiger partial charge in [0.15, 0.2) is 5.82 Å². The number of fused-ring (bicyclic) bond motifs is 1. The number of anilines is 6. The maximum absolute atomic E-state index is 16.0. The van der Waals surface area contributed by atoms with Crippen LogP contribution in [0.5, 0.6) is 0 Å². The standard InChI is InChI=1S/C48H53ClFN10O6P/c1-4-43(61)52-39-28-38(54-48-51-29-35(49)45(56-48)53-37-12-5-6-13-42(37)67(2,3)65)36(50)27-41(39)59-18-16-32(17-19-59)58-22-20-57(21-23-58)24-26-66-25-8-10-31-9-7-11-33-34(31)30-60(47(33)64)40-14-15-44(62)55-46(40)63/h4-7,9,11-13,27-29,32,40H,1,14-26,30H2,2-3H3,(H,52,61)(H,55,62,63)(H2,51,53,54,56). The molecular formula is C48H53ClFN10O6P. The average molecular weight is 951 g/mol. The Morgan fingerprint density at radius 3 is 2.52 bits per heavy atom. The maximum Gasteiger partial charge on any atom is 0.255 e. The number of rotatable bonds is 14. The second kappa shape index (κ2) is 20.8. The lowest BCUT2D eigenvalue weighted by molar-refractivity contribution is -0.137. The quantitative estimate of drug-likeness (QED) is 0.0407. The lowest BCUT2D eigenvalue weighted by atomic mass is 10.0. The molecule has 19 heteroatoms. The van der Waals surface area contributed by atoms with Crippen LogP contribution in [-0.4, -0.2) is 133 Å². The van der Waals surface area contributed by atoms with Crippen LogP contribution in [0.2, 0.25) is 5.02 Å². The van der Waals surface area contributed by atoms with Crippen molar-refractivity contribution in [2.75, 3.05) is 93.2 Å². The topological polar surface area (TPSA) is 181 Å². The fourth-order valence-electron chi connectivity index (χ4n) is 8.99. The zero-order valence-electron chi connectivity index (χ0n) is 37.4. The highest BCUT2D eigenvalue weighted by molar-refractivity contribution is 7.70. The fourth-order valence-corrected chi connectivity index (χ4v) is 10.3. The van der Waals surface area contributed by atoms with E-state index < -0.39 is 30.8 Å². The molecule has 3 saturated heterocycles. The van der Waals surface area contributed by atoms with Crippen molar-refractivity contribution in [3.8, 4) is 11.8 Å². The molecule has 4 aliphatic heterocycles. The van der Waals surface area contributed by atoms with Gasteiger partial charge in [0.1, 0.15) is 30.6 Å². The Kier molecular flexibility index (Phi) is 14.7. The lowest BCUT2D eigenvalue weighted by Gasteiger charge is -2.43. The second-order valence-electron chi connectivity index (χ2n) is 17.2. The number of para-hydroxylation sites is 1. The molecule has 67 heavy (non-hydrogen) atoms. The summed E-state index contributed by atoms with van der Waals surface area (Å²) in [5.74, 6) is 4.55. The molecule has 0 spiro atoms. The number of nitrogens with one attached hydrogen (secondary N) is 4. The van der Waals surface area contributed by atoms with Gasteiger partial charge in [-0.1, -0.05) is 48.2 Å². The van der Waals surface area contributed by atoms with Crippen molar-refractivity contribution < 1.29 is 32.9 Å². The summed E-state index contributed by atoms with van der Waals surface area (Å²) in [6.45, 7) is 13.8. The first-order chi connectivity index (χ1) is 32.2. The second-order valence-corrected chi connectivity index (χ2v) is 20.8.